The smallest absolute Gasteiger partial charge is 0.253 e. The van der Waals surface area contributed by atoms with Gasteiger partial charge in [-0.15, -0.1) is 0 Å². The van der Waals surface area contributed by atoms with E-state index >= 15 is 0 Å². The molecule has 5 nitrogen and oxygen atoms in total. The minimum Gasteiger partial charge on any atom is -0.496 e. The molecule has 1 aliphatic rings. The van der Waals surface area contributed by atoms with Gasteiger partial charge in [0, 0.05) is 23.4 Å². The second-order valence-corrected chi connectivity index (χ2v) is 7.47. The molecule has 0 atom stereocenters. The van der Waals surface area contributed by atoms with Gasteiger partial charge < -0.3 is 15.4 Å². The average molecular weight is 413 g/mol. The van der Waals surface area contributed by atoms with Crippen molar-refractivity contribution in [3.63, 3.8) is 0 Å². The van der Waals surface area contributed by atoms with E-state index < -0.39 is 0 Å². The number of carbonyl (C=O) groups is 2. The molecule has 3 rings (SSSR count). The highest BCUT2D eigenvalue weighted by molar-refractivity contribution is 6.34. The monoisotopic (exact) mass is 412 g/mol. The molecule has 0 heterocycles. The van der Waals surface area contributed by atoms with Crippen LogP contribution in [0.25, 0.3) is 6.08 Å². The number of anilines is 1. The zero-order valence-corrected chi connectivity index (χ0v) is 17.2. The lowest BCUT2D eigenvalue weighted by atomic mass is 9.95. The molecular weight excluding hydrogens is 388 g/mol. The summed E-state index contributed by atoms with van der Waals surface area (Å²) >= 11 is 6.22. The zero-order chi connectivity index (χ0) is 20.6. The van der Waals surface area contributed by atoms with Gasteiger partial charge in [-0.05, 0) is 43.2 Å². The predicted molar refractivity (Wildman–Crippen MR) is 116 cm³/mol. The van der Waals surface area contributed by atoms with Gasteiger partial charge in [-0.1, -0.05) is 49.1 Å². The lowest BCUT2D eigenvalue weighted by molar-refractivity contribution is -0.111. The molecule has 0 saturated heterocycles. The van der Waals surface area contributed by atoms with Gasteiger partial charge in [-0.25, -0.2) is 0 Å². The number of methoxy groups -OCH3 is 1. The minimum absolute atomic E-state index is 0.189. The number of ether oxygens (including phenoxy) is 1. The number of para-hydroxylation sites is 1. The fraction of sp³-hybridized carbons (Fsp3) is 0.304. The maximum atomic E-state index is 12.6. The topological polar surface area (TPSA) is 67.4 Å². The quantitative estimate of drug-likeness (QED) is 0.651. The molecule has 2 amide bonds. The Morgan fingerprint density at radius 2 is 1.86 bits per heavy atom. The third-order valence-electron chi connectivity index (χ3n) is 4.97. The van der Waals surface area contributed by atoms with Crippen LogP contribution in [0.15, 0.2) is 48.5 Å². The molecular formula is C23H25ClN2O3. The highest BCUT2D eigenvalue weighted by Crippen LogP contribution is 2.23. The Morgan fingerprint density at radius 3 is 2.62 bits per heavy atom. The first-order valence-corrected chi connectivity index (χ1v) is 10.2. The number of amides is 2. The van der Waals surface area contributed by atoms with Crippen LogP contribution in [0.4, 0.5) is 5.69 Å². The summed E-state index contributed by atoms with van der Waals surface area (Å²) in [5, 5.41) is 6.18. The molecule has 0 unspecified atom stereocenters. The summed E-state index contributed by atoms with van der Waals surface area (Å²) in [7, 11) is 1.58. The molecule has 0 aliphatic heterocycles. The molecule has 0 radical (unpaired) electrons. The minimum atomic E-state index is -0.308. The van der Waals surface area contributed by atoms with Crippen molar-refractivity contribution < 1.29 is 14.3 Å². The number of benzene rings is 2. The number of hydrogen-bond acceptors (Lipinski definition) is 3. The Balaban J connectivity index is 1.66. The predicted octanol–water partition coefficient (Wildman–Crippen LogP) is 5.06. The number of nitrogens with one attached hydrogen (secondary N) is 2. The second kappa shape index (κ2) is 10.1. The van der Waals surface area contributed by atoms with Gasteiger partial charge in [0.2, 0.25) is 5.91 Å². The number of rotatable bonds is 6. The molecule has 6 heteroatoms. The SMILES string of the molecule is COc1ccccc1C=CC(=O)Nc1ccc(Cl)c(C(=O)NC2CCCCC2)c1. The Bertz CT molecular complexity index is 905. The summed E-state index contributed by atoms with van der Waals surface area (Å²) < 4.78 is 5.27. The molecule has 1 saturated carbocycles. The van der Waals surface area contributed by atoms with Crippen LogP contribution in [-0.2, 0) is 4.79 Å². The maximum Gasteiger partial charge on any atom is 0.253 e. The molecule has 2 aromatic rings. The van der Waals surface area contributed by atoms with Crippen molar-refractivity contribution in [2.75, 3.05) is 12.4 Å². The van der Waals surface area contributed by atoms with Crippen molar-refractivity contribution in [2.45, 2.75) is 38.1 Å². The molecule has 1 fully saturated rings. The Kier molecular flexibility index (Phi) is 7.30. The molecule has 2 N–H and O–H groups in total. The van der Waals surface area contributed by atoms with E-state index in [0.717, 1.165) is 31.2 Å². The number of halogens is 1. The molecule has 0 spiro atoms. The van der Waals surface area contributed by atoms with E-state index in [1.165, 1.54) is 12.5 Å². The summed E-state index contributed by atoms with van der Waals surface area (Å²) in [5.41, 5.74) is 1.68. The van der Waals surface area contributed by atoms with Gasteiger partial charge in [0.25, 0.3) is 5.91 Å². The van der Waals surface area contributed by atoms with Gasteiger partial charge in [0.1, 0.15) is 5.75 Å². The Labute approximate surface area is 176 Å². The zero-order valence-electron chi connectivity index (χ0n) is 16.4. The summed E-state index contributed by atoms with van der Waals surface area (Å²) in [6.45, 7) is 0. The van der Waals surface area contributed by atoms with Gasteiger partial charge >= 0.3 is 0 Å². The Hall–Kier alpha value is -2.79. The van der Waals surface area contributed by atoms with Crippen LogP contribution < -0.4 is 15.4 Å². The van der Waals surface area contributed by atoms with Crippen molar-refractivity contribution in [3.05, 3.63) is 64.7 Å². The van der Waals surface area contributed by atoms with E-state index in [1.807, 2.05) is 24.3 Å². The van der Waals surface area contributed by atoms with Crippen LogP contribution in [0.3, 0.4) is 0 Å². The van der Waals surface area contributed by atoms with Crippen molar-refractivity contribution in [3.8, 4) is 5.75 Å². The van der Waals surface area contributed by atoms with E-state index in [-0.39, 0.29) is 17.9 Å². The molecule has 0 bridgehead atoms. The van der Waals surface area contributed by atoms with Crippen LogP contribution in [0, 0.1) is 0 Å². The van der Waals surface area contributed by atoms with E-state index in [0.29, 0.717) is 22.0 Å². The fourth-order valence-corrected chi connectivity index (χ4v) is 3.64. The molecule has 29 heavy (non-hydrogen) atoms. The van der Waals surface area contributed by atoms with Crippen LogP contribution in [0.5, 0.6) is 5.75 Å². The van der Waals surface area contributed by atoms with E-state index in [4.69, 9.17) is 16.3 Å². The first kappa shape index (κ1) is 20.9. The van der Waals surface area contributed by atoms with Crippen molar-refractivity contribution >= 4 is 35.2 Å². The summed E-state index contributed by atoms with van der Waals surface area (Å²) in [5.74, 6) is 0.171. The lowest BCUT2D eigenvalue weighted by Gasteiger charge is -2.23. The summed E-state index contributed by atoms with van der Waals surface area (Å²) in [6, 6.07) is 12.5. The summed E-state index contributed by atoms with van der Waals surface area (Å²) in [6.07, 6.45) is 8.58. The van der Waals surface area contributed by atoms with Crippen LogP contribution in [0.2, 0.25) is 5.02 Å². The van der Waals surface area contributed by atoms with Gasteiger partial charge in [-0.3, -0.25) is 9.59 Å². The van der Waals surface area contributed by atoms with E-state index in [2.05, 4.69) is 10.6 Å². The molecule has 152 valence electrons. The largest absolute Gasteiger partial charge is 0.496 e. The first-order chi connectivity index (χ1) is 14.1. The molecule has 2 aromatic carbocycles. The van der Waals surface area contributed by atoms with Crippen LogP contribution in [0.1, 0.15) is 48.0 Å². The van der Waals surface area contributed by atoms with Crippen LogP contribution >= 0.6 is 11.6 Å². The van der Waals surface area contributed by atoms with Crippen LogP contribution in [-0.4, -0.2) is 25.0 Å². The van der Waals surface area contributed by atoms with Gasteiger partial charge in [0.15, 0.2) is 0 Å². The van der Waals surface area contributed by atoms with Gasteiger partial charge in [0.05, 0.1) is 17.7 Å². The highest BCUT2D eigenvalue weighted by Gasteiger charge is 2.18. The normalized spacial score (nSPS) is 14.6. The standard InChI is InChI=1S/C23H25ClN2O3/c1-29-21-10-6-5-7-16(21)11-14-22(27)25-18-12-13-20(24)19(15-18)23(28)26-17-8-3-2-4-9-17/h5-7,10-15,17H,2-4,8-9H2,1H3,(H,25,27)(H,26,28). The van der Waals surface area contributed by atoms with Gasteiger partial charge in [-0.2, -0.15) is 0 Å². The van der Waals surface area contributed by atoms with Crippen molar-refractivity contribution in [1.29, 1.82) is 0 Å². The number of carbonyl (C=O) groups excluding carboxylic acids is 2. The van der Waals surface area contributed by atoms with Crippen molar-refractivity contribution in [2.24, 2.45) is 0 Å². The second-order valence-electron chi connectivity index (χ2n) is 7.07. The third-order valence-corrected chi connectivity index (χ3v) is 5.30. The van der Waals surface area contributed by atoms with E-state index in [9.17, 15) is 9.59 Å². The average Bonchev–Trinajstić information content (AvgIpc) is 2.74. The highest BCUT2D eigenvalue weighted by atomic mass is 35.5. The maximum absolute atomic E-state index is 12.6. The fourth-order valence-electron chi connectivity index (χ4n) is 3.44. The van der Waals surface area contributed by atoms with E-state index in [1.54, 1.807) is 31.4 Å². The first-order valence-electron chi connectivity index (χ1n) is 9.79. The Morgan fingerprint density at radius 1 is 1.10 bits per heavy atom. The van der Waals surface area contributed by atoms with Crippen molar-refractivity contribution in [1.82, 2.24) is 5.32 Å². The lowest BCUT2D eigenvalue weighted by Crippen LogP contribution is -2.36. The molecule has 1 aliphatic carbocycles. The number of hydrogen-bond donors (Lipinski definition) is 2. The third kappa shape index (κ3) is 5.84. The summed E-state index contributed by atoms with van der Waals surface area (Å²) in [4.78, 5) is 24.9. The molecule has 0 aromatic heterocycles.